The number of hydrogen-bond donors (Lipinski definition) is 0. The smallest absolute Gasteiger partial charge is 0 e. The molecule has 0 N–H and O–H groups in total. The summed E-state index contributed by atoms with van der Waals surface area (Å²) in [5.41, 5.74) is 0. The fourth-order valence-corrected chi connectivity index (χ4v) is 0. The summed E-state index contributed by atoms with van der Waals surface area (Å²) in [7, 11) is 0. The Morgan fingerprint density at radius 1 is 1.00 bits per heavy atom. The Hall–Kier alpha value is 1.49. The van der Waals surface area contributed by atoms with E-state index in [1.54, 1.807) is 0 Å². The van der Waals surface area contributed by atoms with Crippen molar-refractivity contribution < 1.29 is 55.9 Å². The molecule has 0 rings (SSSR count). The summed E-state index contributed by atoms with van der Waals surface area (Å²) >= 11 is 0. The van der Waals surface area contributed by atoms with Crippen LogP contribution in [0, 0.1) is 0 Å². The van der Waals surface area contributed by atoms with Crippen LogP contribution in [0.25, 0.3) is 0 Å². The Kier molecular flexibility index (Phi) is 308. The second kappa shape index (κ2) is 24.7. The molecule has 0 heterocycles. The van der Waals surface area contributed by atoms with E-state index in [9.17, 15) is 0 Å². The standard InChI is InChI=1S/Cu.F.Fe.Mn. The molecule has 4 heavy (non-hydrogen) atoms. The fraction of sp³-hybridized carbons (Fsp3) is 0. The van der Waals surface area contributed by atoms with Crippen LogP contribution in [0.2, 0.25) is 0 Å². The molecule has 0 aromatic carbocycles. The molecule has 0 aliphatic carbocycles. The van der Waals surface area contributed by atoms with Crippen LogP contribution in [0.1, 0.15) is 0 Å². The third-order valence-electron chi connectivity index (χ3n) is 0. The summed E-state index contributed by atoms with van der Waals surface area (Å²) in [4.78, 5) is 0. The molecule has 0 spiro atoms. The first kappa shape index (κ1) is 49.9. The molecule has 0 fully saturated rings. The second-order valence-corrected chi connectivity index (χ2v) is 0. The Labute approximate surface area is 55.9 Å². The maximum absolute atomic E-state index is 0. The average molecular weight is 193 g/mol. The molecule has 3 radical (unpaired) electrons. The van der Waals surface area contributed by atoms with Crippen LogP contribution in [0.15, 0.2) is 0 Å². The minimum atomic E-state index is 0. The van der Waals surface area contributed by atoms with Crippen molar-refractivity contribution in [2.75, 3.05) is 0 Å². The van der Waals surface area contributed by atoms with Crippen molar-refractivity contribution in [1.29, 1.82) is 0 Å². The molecule has 0 unspecified atom stereocenters. The largest absolute Gasteiger partial charge is 0 e. The first-order valence-corrected chi connectivity index (χ1v) is 0. The van der Waals surface area contributed by atoms with Crippen LogP contribution < -0.4 is 0 Å². The van der Waals surface area contributed by atoms with Crippen LogP contribution >= 0.6 is 0 Å². The van der Waals surface area contributed by atoms with Crippen LogP contribution in [-0.2, 0) is 51.2 Å². The van der Waals surface area contributed by atoms with Crippen molar-refractivity contribution in [3.05, 3.63) is 0 Å². The van der Waals surface area contributed by atoms with Gasteiger partial charge in [-0.05, 0) is 0 Å². The summed E-state index contributed by atoms with van der Waals surface area (Å²) < 4.78 is 0. The normalized spacial score (nSPS) is 0. The van der Waals surface area contributed by atoms with Crippen LogP contribution in [0.5, 0.6) is 0 Å². The topological polar surface area (TPSA) is 0 Å². The van der Waals surface area contributed by atoms with E-state index >= 15 is 0 Å². The fourth-order valence-electron chi connectivity index (χ4n) is 0. The van der Waals surface area contributed by atoms with Gasteiger partial charge in [0.1, 0.15) is 0 Å². The molecule has 0 aliphatic heterocycles. The van der Waals surface area contributed by atoms with E-state index in [1.165, 1.54) is 0 Å². The van der Waals surface area contributed by atoms with E-state index in [2.05, 4.69) is 0 Å². The molecule has 0 bridgehead atoms. The molecule has 0 saturated heterocycles. The van der Waals surface area contributed by atoms with E-state index in [0.29, 0.717) is 0 Å². The quantitative estimate of drug-likeness (QED) is 0.489. The Morgan fingerprint density at radius 2 is 1.00 bits per heavy atom. The third kappa shape index (κ3) is 9.75. The summed E-state index contributed by atoms with van der Waals surface area (Å²) in [5, 5.41) is 0. The second-order valence-electron chi connectivity index (χ2n) is 0. The molecule has 4 heteroatoms. The average Bonchev–Trinajstić information content (AvgIpc) is 0. The molecular weight excluding hydrogens is 193 g/mol. The monoisotopic (exact) mass is 193 g/mol. The first-order valence-electron chi connectivity index (χ1n) is 0. The van der Waals surface area contributed by atoms with Crippen molar-refractivity contribution in [1.82, 2.24) is 0 Å². The van der Waals surface area contributed by atoms with Gasteiger partial charge in [-0.3, -0.25) is 0 Å². The number of rotatable bonds is 0. The van der Waals surface area contributed by atoms with E-state index in [4.69, 9.17) is 0 Å². The van der Waals surface area contributed by atoms with Gasteiger partial charge in [-0.1, -0.05) is 0 Å². The first-order chi connectivity index (χ1) is 0. The molecule has 0 saturated carbocycles. The predicted octanol–water partition coefficient (Wildman–Crippen LogP) is 0.413. The minimum Gasteiger partial charge on any atom is 0 e. The van der Waals surface area contributed by atoms with Crippen molar-refractivity contribution in [2.24, 2.45) is 0 Å². The third-order valence-corrected chi connectivity index (χ3v) is 0. The van der Waals surface area contributed by atoms with Gasteiger partial charge >= 0.3 is 0 Å². The van der Waals surface area contributed by atoms with E-state index < -0.39 is 0 Å². The van der Waals surface area contributed by atoms with Gasteiger partial charge in [0.25, 0.3) is 0 Å². The van der Waals surface area contributed by atoms with Gasteiger partial charge in [-0.25, -0.2) is 0 Å². The van der Waals surface area contributed by atoms with Gasteiger partial charge in [0.15, 0.2) is 0 Å². The van der Waals surface area contributed by atoms with Gasteiger partial charge in [0, 0.05) is 55.9 Å². The Balaban J connectivity index is 0. The summed E-state index contributed by atoms with van der Waals surface area (Å²) in [5.74, 6) is 0. The van der Waals surface area contributed by atoms with E-state index in [1.807, 2.05) is 0 Å². The number of halogens is 1. The van der Waals surface area contributed by atoms with Gasteiger partial charge in [0.2, 0.25) is 0 Å². The van der Waals surface area contributed by atoms with E-state index in [-0.39, 0.29) is 55.9 Å². The van der Waals surface area contributed by atoms with Crippen molar-refractivity contribution in [3.63, 3.8) is 0 Å². The van der Waals surface area contributed by atoms with Crippen LogP contribution in [-0.4, -0.2) is 0 Å². The van der Waals surface area contributed by atoms with Crippen LogP contribution in [0.3, 0.4) is 0 Å². The predicted molar refractivity (Wildman–Crippen MR) is 1.11 cm³/mol. The molecular formula is CuFFeMn. The van der Waals surface area contributed by atoms with Crippen molar-refractivity contribution in [3.8, 4) is 0 Å². The van der Waals surface area contributed by atoms with Crippen LogP contribution in [0.4, 0.5) is 4.70 Å². The molecule has 0 nitrogen and oxygen atoms in total. The maximum Gasteiger partial charge on any atom is 0 e. The number of hydrogen-bond acceptors (Lipinski definition) is 0. The Bertz CT molecular complexity index is 8.00. The summed E-state index contributed by atoms with van der Waals surface area (Å²) in [6.45, 7) is 0. The molecule has 0 amide bonds. The van der Waals surface area contributed by atoms with Gasteiger partial charge in [0.05, 0.1) is 0 Å². The summed E-state index contributed by atoms with van der Waals surface area (Å²) in [6, 6.07) is 0. The molecule has 33 valence electrons. The molecule has 0 aliphatic rings. The van der Waals surface area contributed by atoms with Gasteiger partial charge in [-0.15, -0.1) is 0 Å². The SMILES string of the molecule is [Cu].[F].[Fe].[Mn]. The zero-order valence-corrected chi connectivity index (χ0v) is 4.64. The van der Waals surface area contributed by atoms with Crippen molar-refractivity contribution in [2.45, 2.75) is 0 Å². The van der Waals surface area contributed by atoms with Crippen molar-refractivity contribution >= 4 is 0 Å². The zero-order valence-electron chi connectivity index (χ0n) is 1.41. The molecule has 0 aromatic rings. The molecule has 0 atom stereocenters. The van der Waals surface area contributed by atoms with Gasteiger partial charge < -0.3 is 0 Å². The summed E-state index contributed by atoms with van der Waals surface area (Å²) in [6.07, 6.45) is 0. The maximum atomic E-state index is 0. The zero-order chi connectivity index (χ0) is 0. The molecule has 0 aromatic heterocycles. The van der Waals surface area contributed by atoms with E-state index in [0.717, 1.165) is 0 Å². The Morgan fingerprint density at radius 3 is 1.00 bits per heavy atom. The minimum absolute atomic E-state index is 0. The van der Waals surface area contributed by atoms with Gasteiger partial charge in [-0.2, -0.15) is 0 Å².